The molecule has 4 rings (SSSR count). The summed E-state index contributed by atoms with van der Waals surface area (Å²) >= 11 is 3.46. The maximum atomic E-state index is 11.5. The minimum Gasteiger partial charge on any atom is -0.378 e. The maximum Gasteiger partial charge on any atom is 0.301 e. The number of hydrogen-bond donors (Lipinski definition) is 2. The molecule has 10 nitrogen and oxygen atoms in total. The number of thioether (sulfide) groups is 1. The van der Waals surface area contributed by atoms with Gasteiger partial charge in [-0.25, -0.2) is 4.99 Å². The van der Waals surface area contributed by atoms with Gasteiger partial charge in [-0.3, -0.25) is 25.7 Å². The van der Waals surface area contributed by atoms with Crippen LogP contribution >= 0.6 is 34.4 Å². The lowest BCUT2D eigenvalue weighted by atomic mass is 10.1. The quantitative estimate of drug-likeness (QED) is 0.0750. The molecule has 0 amide bonds. The molecule has 0 fully saturated rings. The number of halogens is 1. The van der Waals surface area contributed by atoms with Gasteiger partial charge >= 0.3 is 5.69 Å². The molecule has 0 aliphatic carbocycles. The number of amidine groups is 1. The van der Waals surface area contributed by atoms with Crippen LogP contribution in [0.25, 0.3) is 10.8 Å². The van der Waals surface area contributed by atoms with E-state index in [4.69, 9.17) is 5.73 Å². The van der Waals surface area contributed by atoms with E-state index in [2.05, 4.69) is 38.1 Å². The van der Waals surface area contributed by atoms with Gasteiger partial charge in [-0.05, 0) is 57.8 Å². The molecule has 0 aromatic heterocycles. The second kappa shape index (κ2) is 11.8. The van der Waals surface area contributed by atoms with Crippen molar-refractivity contribution in [2.45, 2.75) is 0 Å². The smallest absolute Gasteiger partial charge is 0.301 e. The molecular weight excluding hydrogens is 607 g/mol. The van der Waals surface area contributed by atoms with Gasteiger partial charge < -0.3 is 5.73 Å². The Bertz CT molecular complexity index is 1540. The first-order chi connectivity index (χ1) is 17.8. The molecule has 0 bridgehead atoms. The lowest BCUT2D eigenvalue weighted by Crippen LogP contribution is -2.14. The Hall–Kier alpha value is -4.04. The van der Waals surface area contributed by atoms with Crippen LogP contribution in [0.4, 0.5) is 22.7 Å². The molecule has 0 unspecified atom stereocenters. The Morgan fingerprint density at radius 3 is 2.41 bits per heavy atom. The van der Waals surface area contributed by atoms with E-state index < -0.39 is 15.5 Å². The van der Waals surface area contributed by atoms with Crippen LogP contribution in [-0.4, -0.2) is 26.5 Å². The molecule has 37 heavy (non-hydrogen) atoms. The summed E-state index contributed by atoms with van der Waals surface area (Å²) < 4.78 is 1.03. The third-order valence-electron chi connectivity index (χ3n) is 5.23. The van der Waals surface area contributed by atoms with Gasteiger partial charge in [0.2, 0.25) is 0 Å². The third-order valence-corrected chi connectivity index (χ3v) is 6.76. The molecule has 0 aliphatic heterocycles. The third kappa shape index (κ3) is 6.59. The first-order valence-corrected chi connectivity index (χ1v) is 12.8. The second-order valence-electron chi connectivity index (χ2n) is 7.63. The Kier molecular flexibility index (Phi) is 8.30. The minimum absolute atomic E-state index is 0.0287. The van der Waals surface area contributed by atoms with Crippen LogP contribution in [0.15, 0.2) is 95.0 Å². The monoisotopic (exact) mass is 626 g/mol. The van der Waals surface area contributed by atoms with Gasteiger partial charge in [-0.2, -0.15) is 5.10 Å². The van der Waals surface area contributed by atoms with E-state index in [0.29, 0.717) is 16.6 Å². The number of nitrogens with zero attached hydrogens (tertiary/aromatic N) is 4. The van der Waals surface area contributed by atoms with Gasteiger partial charge in [0.05, 0.1) is 27.3 Å². The molecule has 0 saturated heterocycles. The molecule has 186 valence electrons. The highest BCUT2D eigenvalue weighted by molar-refractivity contribution is 14.1. The predicted molar refractivity (Wildman–Crippen MR) is 157 cm³/mol. The zero-order chi connectivity index (χ0) is 26.4. The van der Waals surface area contributed by atoms with Crippen molar-refractivity contribution in [2.24, 2.45) is 15.8 Å². The Morgan fingerprint density at radius 1 is 0.946 bits per heavy atom. The fraction of sp³-hybridized carbons (Fsp3) is 0.0400. The number of hydrazone groups is 1. The summed E-state index contributed by atoms with van der Waals surface area (Å²) in [6, 6.07) is 24.6. The highest BCUT2D eigenvalue weighted by Crippen LogP contribution is 2.29. The van der Waals surface area contributed by atoms with Crippen LogP contribution in [0.1, 0.15) is 5.56 Å². The standard InChI is InChI=1S/C25H19IN6O4S/c26-18-10-8-17(9-11-18)23(30-29-22-13-12-19(31(33)34)14-24(22)32(35)36)15-37-25(27)28-21-7-3-5-16-4-1-2-6-20(16)21/h1-14,29H,15H2,(H2,27,28)/b30-23+. The van der Waals surface area contributed by atoms with E-state index >= 15 is 0 Å². The van der Waals surface area contributed by atoms with Crippen LogP contribution < -0.4 is 11.2 Å². The normalized spacial score (nSPS) is 11.9. The summed E-state index contributed by atoms with van der Waals surface area (Å²) in [7, 11) is 0. The molecule has 3 N–H and O–H groups in total. The molecule has 12 heteroatoms. The van der Waals surface area contributed by atoms with Crippen LogP contribution in [-0.2, 0) is 0 Å². The van der Waals surface area contributed by atoms with Crippen LogP contribution in [0.3, 0.4) is 0 Å². The first kappa shape index (κ1) is 26.0. The molecule has 0 radical (unpaired) electrons. The average Bonchev–Trinajstić information content (AvgIpc) is 2.89. The summed E-state index contributed by atoms with van der Waals surface area (Å²) in [6.07, 6.45) is 0. The number of nitrogens with two attached hydrogens (primary N) is 1. The van der Waals surface area contributed by atoms with Crippen molar-refractivity contribution in [3.63, 3.8) is 0 Å². The van der Waals surface area contributed by atoms with E-state index in [9.17, 15) is 20.2 Å². The van der Waals surface area contributed by atoms with Crippen molar-refractivity contribution in [1.29, 1.82) is 0 Å². The SMILES string of the molecule is NC(=Nc1cccc2ccccc12)SC/C(=N\Nc1ccc([N+](=O)[O-])cc1[N+](=O)[O-])c1ccc(I)cc1. The van der Waals surface area contributed by atoms with E-state index in [1.165, 1.54) is 23.9 Å². The number of aliphatic imine (C=N–C) groups is 1. The van der Waals surface area contributed by atoms with E-state index in [1.54, 1.807) is 0 Å². The molecule has 0 saturated carbocycles. The maximum absolute atomic E-state index is 11.5. The zero-order valence-corrected chi connectivity index (χ0v) is 22.0. The fourth-order valence-electron chi connectivity index (χ4n) is 3.43. The molecule has 4 aromatic rings. The lowest BCUT2D eigenvalue weighted by Gasteiger charge is -2.09. The van der Waals surface area contributed by atoms with E-state index in [1.807, 2.05) is 66.7 Å². The highest BCUT2D eigenvalue weighted by Gasteiger charge is 2.19. The summed E-state index contributed by atoms with van der Waals surface area (Å²) in [5.41, 5.74) is 10.2. The summed E-state index contributed by atoms with van der Waals surface area (Å²) in [5.74, 6) is 0.314. The Balaban J connectivity index is 1.61. The molecular formula is C25H19IN6O4S. The minimum atomic E-state index is -0.695. The number of anilines is 1. The number of fused-ring (bicyclic) bond motifs is 1. The van der Waals surface area contributed by atoms with Crippen molar-refractivity contribution in [3.8, 4) is 0 Å². The van der Waals surface area contributed by atoms with Gasteiger partial charge in [0, 0.05) is 20.8 Å². The molecule has 0 aliphatic rings. The van der Waals surface area contributed by atoms with Gasteiger partial charge in [0.25, 0.3) is 5.69 Å². The van der Waals surface area contributed by atoms with Gasteiger partial charge in [0.15, 0.2) is 5.17 Å². The number of rotatable bonds is 8. The van der Waals surface area contributed by atoms with E-state index in [0.717, 1.165) is 31.7 Å². The van der Waals surface area contributed by atoms with Crippen molar-refractivity contribution >= 4 is 78.8 Å². The van der Waals surface area contributed by atoms with Crippen LogP contribution in [0, 0.1) is 23.8 Å². The largest absolute Gasteiger partial charge is 0.378 e. The molecule has 4 aromatic carbocycles. The highest BCUT2D eigenvalue weighted by atomic mass is 127. The summed E-state index contributed by atoms with van der Waals surface area (Å²) in [4.78, 5) is 25.7. The fourth-order valence-corrected chi connectivity index (χ4v) is 4.47. The van der Waals surface area contributed by atoms with Crippen molar-refractivity contribution < 1.29 is 9.85 Å². The van der Waals surface area contributed by atoms with Crippen LogP contribution in [0.5, 0.6) is 0 Å². The van der Waals surface area contributed by atoms with Gasteiger partial charge in [0.1, 0.15) is 5.69 Å². The van der Waals surface area contributed by atoms with E-state index in [-0.39, 0.29) is 11.4 Å². The van der Waals surface area contributed by atoms with Crippen molar-refractivity contribution in [2.75, 3.05) is 11.2 Å². The molecule has 0 spiro atoms. The second-order valence-corrected chi connectivity index (χ2v) is 9.87. The van der Waals surface area contributed by atoms with Crippen molar-refractivity contribution in [1.82, 2.24) is 0 Å². The molecule has 0 heterocycles. The number of benzene rings is 4. The molecule has 0 atom stereocenters. The summed E-state index contributed by atoms with van der Waals surface area (Å²) in [5, 5.41) is 29.3. The average molecular weight is 626 g/mol. The number of hydrogen-bond acceptors (Lipinski definition) is 8. The van der Waals surface area contributed by atoms with Crippen molar-refractivity contribution in [3.05, 3.63) is 114 Å². The number of nitro groups is 2. The Morgan fingerprint density at radius 2 is 1.68 bits per heavy atom. The van der Waals surface area contributed by atoms with Gasteiger partial charge in [-0.1, -0.05) is 60.3 Å². The first-order valence-electron chi connectivity index (χ1n) is 10.8. The number of non-ortho nitro benzene ring substituents is 1. The predicted octanol–water partition coefficient (Wildman–Crippen LogP) is 6.46. The number of nitro benzene ring substituents is 2. The summed E-state index contributed by atoms with van der Waals surface area (Å²) in [6.45, 7) is 0. The van der Waals surface area contributed by atoms with Crippen LogP contribution in [0.2, 0.25) is 0 Å². The Labute approximate surface area is 229 Å². The number of nitrogens with one attached hydrogen (secondary N) is 1. The topological polar surface area (TPSA) is 149 Å². The zero-order valence-electron chi connectivity index (χ0n) is 19.1. The van der Waals surface area contributed by atoms with Gasteiger partial charge in [-0.15, -0.1) is 0 Å². The lowest BCUT2D eigenvalue weighted by molar-refractivity contribution is -0.393.